The van der Waals surface area contributed by atoms with E-state index >= 15 is 0 Å². The third kappa shape index (κ3) is 10.5. The number of terminal acetylenes is 1. The second kappa shape index (κ2) is 19.1. The van der Waals surface area contributed by atoms with Crippen LogP contribution < -0.4 is 10.3 Å². The number of anilines is 1. The van der Waals surface area contributed by atoms with Crippen molar-refractivity contribution in [3.8, 4) is 18.1 Å². The number of nitrogens with zero attached hydrogens (tertiary/aromatic N) is 3. The summed E-state index contributed by atoms with van der Waals surface area (Å²) in [7, 11) is -3.83. The van der Waals surface area contributed by atoms with Gasteiger partial charge in [0.05, 0.1) is 30.1 Å². The number of hydrogen-bond acceptors (Lipinski definition) is 9. The van der Waals surface area contributed by atoms with Crippen molar-refractivity contribution in [2.24, 2.45) is 5.92 Å². The van der Waals surface area contributed by atoms with Crippen LogP contribution in [0.3, 0.4) is 0 Å². The number of nitrogen functional groups attached to an aromatic ring is 1. The largest absolute Gasteiger partial charge is 0.462 e. The van der Waals surface area contributed by atoms with Gasteiger partial charge < -0.3 is 19.7 Å². The monoisotopic (exact) mass is 676 g/mol. The fourth-order valence-corrected chi connectivity index (χ4v) is 7.37. The lowest BCUT2D eigenvalue weighted by Gasteiger charge is -2.31. The Morgan fingerprint density at radius 3 is 2.38 bits per heavy atom. The van der Waals surface area contributed by atoms with Crippen molar-refractivity contribution in [1.82, 2.24) is 14.6 Å². The molecule has 2 fully saturated rings. The molecule has 11 heteroatoms. The molecule has 0 saturated carbocycles. The number of carbonyl (C=O) groups is 1. The summed E-state index contributed by atoms with van der Waals surface area (Å²) in [6.07, 6.45) is 10.6. The Morgan fingerprint density at radius 2 is 1.79 bits per heavy atom. The molecule has 10 nitrogen and oxygen atoms in total. The molecule has 1 aromatic heterocycles. The van der Waals surface area contributed by atoms with Crippen LogP contribution in [-0.4, -0.2) is 52.0 Å². The minimum atomic E-state index is -3.83. The second-order valence-electron chi connectivity index (χ2n) is 11.3. The molecule has 0 spiro atoms. The third-order valence-corrected chi connectivity index (χ3v) is 10.1. The highest BCUT2D eigenvalue weighted by atomic mass is 31.2. The molecule has 2 aliphatic rings. The summed E-state index contributed by atoms with van der Waals surface area (Å²) in [5, 5.41) is 0. The molecule has 2 saturated heterocycles. The maximum absolute atomic E-state index is 14.1. The number of nitrogens with two attached hydrogens (primary N) is 1. The van der Waals surface area contributed by atoms with Gasteiger partial charge in [-0.1, -0.05) is 81.3 Å². The Morgan fingerprint density at radius 1 is 1.12 bits per heavy atom. The van der Waals surface area contributed by atoms with Crippen LogP contribution in [-0.2, 0) is 30.0 Å². The molecule has 5 atom stereocenters. The van der Waals surface area contributed by atoms with Crippen molar-refractivity contribution in [2.75, 3.05) is 18.9 Å². The molecule has 5 unspecified atom stereocenters. The highest BCUT2D eigenvalue weighted by Crippen LogP contribution is 2.55. The van der Waals surface area contributed by atoms with E-state index in [0.717, 1.165) is 28.8 Å². The van der Waals surface area contributed by atoms with Gasteiger partial charge in [0.2, 0.25) is 0 Å². The lowest BCUT2D eigenvalue weighted by Crippen LogP contribution is -2.37. The van der Waals surface area contributed by atoms with E-state index in [1.54, 1.807) is 28.9 Å². The highest BCUT2D eigenvalue weighted by molar-refractivity contribution is 7.51. The number of hydrogen-bond donors (Lipinski definition) is 1. The van der Waals surface area contributed by atoms with Gasteiger partial charge in [0.25, 0.3) is 0 Å². The van der Waals surface area contributed by atoms with Crippen molar-refractivity contribution in [1.29, 1.82) is 0 Å². The topological polar surface area (TPSA) is 126 Å². The maximum atomic E-state index is 14.1. The van der Waals surface area contributed by atoms with E-state index in [2.05, 4.69) is 22.8 Å². The SMILES string of the molecule is C#C/C(=C/C)c1c(C)ncnc1N.CC.CC1CC(COP(=O)(Oc2ccccc2)N2CCCC2C(=O)OCc2ccccc2)OC1C. The van der Waals surface area contributed by atoms with E-state index in [-0.39, 0.29) is 25.4 Å². The van der Waals surface area contributed by atoms with Gasteiger partial charge in [-0.25, -0.2) is 14.5 Å². The smallest absolute Gasteiger partial charge is 0.460 e. The van der Waals surface area contributed by atoms with Crippen LogP contribution in [0.2, 0.25) is 0 Å². The number of carbonyl (C=O) groups excluding carboxylic acids is 1. The molecule has 0 aliphatic carbocycles. The minimum absolute atomic E-state index is 0.125. The summed E-state index contributed by atoms with van der Waals surface area (Å²) in [5.41, 5.74) is 8.88. The molecule has 3 heterocycles. The van der Waals surface area contributed by atoms with Crippen LogP contribution >= 0.6 is 7.75 Å². The van der Waals surface area contributed by atoms with Crippen LogP contribution in [0.1, 0.15) is 70.7 Å². The van der Waals surface area contributed by atoms with Crippen LogP contribution in [0, 0.1) is 25.2 Å². The average molecular weight is 677 g/mol. The van der Waals surface area contributed by atoms with E-state index in [1.165, 1.54) is 6.33 Å². The fraction of sp³-hybridized carbons (Fsp3) is 0.432. The van der Waals surface area contributed by atoms with Crippen molar-refractivity contribution >= 4 is 25.1 Å². The highest BCUT2D eigenvalue weighted by Gasteiger charge is 2.47. The number of allylic oxidation sites excluding steroid dienone is 2. The molecule has 5 rings (SSSR count). The molecule has 2 aromatic carbocycles. The first-order chi connectivity index (χ1) is 23.1. The van der Waals surface area contributed by atoms with Gasteiger partial charge in [-0.05, 0) is 63.6 Å². The van der Waals surface area contributed by atoms with E-state index in [9.17, 15) is 9.36 Å². The Balaban J connectivity index is 0.000000349. The molecule has 2 aliphatic heterocycles. The Kier molecular flexibility index (Phi) is 15.3. The van der Waals surface area contributed by atoms with Gasteiger partial charge in [0.15, 0.2) is 0 Å². The van der Waals surface area contributed by atoms with Gasteiger partial charge in [0.1, 0.15) is 30.5 Å². The molecule has 48 heavy (non-hydrogen) atoms. The lowest BCUT2D eigenvalue weighted by atomic mass is 10.0. The van der Waals surface area contributed by atoms with Crippen LogP contribution in [0.5, 0.6) is 5.75 Å². The molecular formula is C37H49N4O6P. The van der Waals surface area contributed by atoms with E-state index in [4.69, 9.17) is 30.7 Å². The molecule has 0 amide bonds. The average Bonchev–Trinajstić information content (AvgIpc) is 3.73. The predicted octanol–water partition coefficient (Wildman–Crippen LogP) is 7.64. The molecule has 258 valence electrons. The van der Waals surface area contributed by atoms with Crippen LogP contribution in [0.15, 0.2) is 73.1 Å². The van der Waals surface area contributed by atoms with Crippen molar-refractivity contribution in [2.45, 2.75) is 85.7 Å². The fourth-order valence-electron chi connectivity index (χ4n) is 5.39. The van der Waals surface area contributed by atoms with Gasteiger partial charge in [-0.15, -0.1) is 6.42 Å². The minimum Gasteiger partial charge on any atom is -0.460 e. The quantitative estimate of drug-likeness (QED) is 0.130. The zero-order valence-corrected chi connectivity index (χ0v) is 29.8. The van der Waals surface area contributed by atoms with Crippen LogP contribution in [0.4, 0.5) is 5.82 Å². The molecular weight excluding hydrogens is 627 g/mol. The number of rotatable bonds is 10. The molecule has 0 radical (unpaired) electrons. The van der Waals surface area contributed by atoms with Crippen LogP contribution in [0.25, 0.3) is 5.57 Å². The van der Waals surface area contributed by atoms with Gasteiger partial charge in [0, 0.05) is 12.1 Å². The number of benzene rings is 2. The zero-order valence-electron chi connectivity index (χ0n) is 28.9. The normalized spacial score (nSPS) is 21.8. The third-order valence-electron chi connectivity index (χ3n) is 8.05. The summed E-state index contributed by atoms with van der Waals surface area (Å²) >= 11 is 0. The maximum Gasteiger partial charge on any atom is 0.462 e. The summed E-state index contributed by atoms with van der Waals surface area (Å²) in [4.78, 5) is 20.9. The molecule has 2 N–H and O–H groups in total. The predicted molar refractivity (Wildman–Crippen MR) is 190 cm³/mol. The molecule has 3 aromatic rings. The summed E-state index contributed by atoms with van der Waals surface area (Å²) in [5.74, 6) is 3.39. The van der Waals surface area contributed by atoms with E-state index < -0.39 is 19.8 Å². The van der Waals surface area contributed by atoms with E-state index in [1.807, 2.05) is 77.1 Å². The van der Waals surface area contributed by atoms with Crippen molar-refractivity contribution in [3.63, 3.8) is 0 Å². The first-order valence-electron chi connectivity index (χ1n) is 16.5. The van der Waals surface area contributed by atoms with Gasteiger partial charge >= 0.3 is 13.7 Å². The number of para-hydroxylation sites is 1. The summed E-state index contributed by atoms with van der Waals surface area (Å²) < 4.78 is 39.1. The summed E-state index contributed by atoms with van der Waals surface area (Å²) in [6, 6.07) is 17.7. The molecule has 0 bridgehead atoms. The number of ether oxygens (including phenoxy) is 2. The first kappa shape index (κ1) is 38.4. The first-order valence-corrected chi connectivity index (χ1v) is 18.0. The van der Waals surface area contributed by atoms with Crippen molar-refractivity contribution < 1.29 is 27.9 Å². The zero-order chi connectivity index (χ0) is 35.1. The summed E-state index contributed by atoms with van der Waals surface area (Å²) in [6.45, 7) is 12.6. The lowest BCUT2D eigenvalue weighted by molar-refractivity contribution is -0.149. The second-order valence-corrected chi connectivity index (χ2v) is 13.2. The van der Waals surface area contributed by atoms with E-state index in [0.29, 0.717) is 36.9 Å². The number of aryl methyl sites for hydroxylation is 1. The van der Waals surface area contributed by atoms with Gasteiger partial charge in [-0.2, -0.15) is 4.67 Å². The Labute approximate surface area is 285 Å². The van der Waals surface area contributed by atoms with Gasteiger partial charge in [-0.3, -0.25) is 9.32 Å². The Hall–Kier alpha value is -4.00. The van der Waals surface area contributed by atoms with Crippen molar-refractivity contribution in [3.05, 3.63) is 89.9 Å². The standard InChI is InChI=1S/C25H32NO6P.C10H11N3.C2H6/c1-19-16-23(31-20(19)2)18-30-33(28,32-22-12-7-4-8-13-22)26-15-9-14-24(26)25(27)29-17-21-10-5-3-6-11-21;1-4-8(5-2)9-7(3)12-6-13-10(9)11;1-2/h3-8,10-13,19-20,23-24H,9,14-18H2,1-2H3;1,5-6H,2-3H3,(H2,11,12,13);1-2H3/b;8-5-;. The number of aromatic nitrogens is 2. The Bertz CT molecular complexity index is 1530. The number of esters is 1.